The fourth-order valence-electron chi connectivity index (χ4n) is 3.22. The van der Waals surface area contributed by atoms with Crippen molar-refractivity contribution in [3.8, 4) is 34.3 Å². The molecule has 2 aromatic carbocycles. The van der Waals surface area contributed by atoms with E-state index in [1.54, 1.807) is 30.3 Å². The van der Waals surface area contributed by atoms with Crippen LogP contribution in [0.4, 0.5) is 30.6 Å². The lowest BCUT2D eigenvalue weighted by molar-refractivity contribution is -0.141. The van der Waals surface area contributed by atoms with Gasteiger partial charge >= 0.3 is 16.5 Å². The van der Waals surface area contributed by atoms with Crippen LogP contribution in [0.15, 0.2) is 66.9 Å². The van der Waals surface area contributed by atoms with Gasteiger partial charge in [0.15, 0.2) is 11.5 Å². The van der Waals surface area contributed by atoms with Gasteiger partial charge in [0, 0.05) is 29.6 Å². The number of nitrogens with two attached hydrogens (primary N) is 2. The van der Waals surface area contributed by atoms with E-state index in [1.807, 2.05) is 0 Å². The van der Waals surface area contributed by atoms with Crippen LogP contribution < -0.4 is 29.8 Å². The number of methoxy groups -OCH3 is 1. The van der Waals surface area contributed by atoms with Gasteiger partial charge in [-0.1, -0.05) is 0 Å². The lowest BCUT2D eigenvalue weighted by atomic mass is 10.1. The van der Waals surface area contributed by atoms with E-state index in [9.17, 15) is 21.6 Å². The van der Waals surface area contributed by atoms with Gasteiger partial charge in [0.05, 0.1) is 12.8 Å². The summed E-state index contributed by atoms with van der Waals surface area (Å²) in [5.41, 5.74) is 6.28. The Kier molecular flexibility index (Phi) is 7.23. The van der Waals surface area contributed by atoms with Crippen LogP contribution in [0.25, 0.3) is 11.3 Å². The predicted molar refractivity (Wildman–Crippen MR) is 131 cm³/mol. The van der Waals surface area contributed by atoms with Gasteiger partial charge in [0.25, 0.3) is 0 Å². The molecule has 0 saturated carbocycles. The maximum absolute atomic E-state index is 12.9. The molecule has 198 valence electrons. The Morgan fingerprint density at radius 2 is 1.66 bits per heavy atom. The highest BCUT2D eigenvalue weighted by atomic mass is 32.2. The summed E-state index contributed by atoms with van der Waals surface area (Å²) in [4.78, 5) is 11.6. The zero-order valence-electron chi connectivity index (χ0n) is 19.4. The predicted octanol–water partition coefficient (Wildman–Crippen LogP) is 4.27. The molecule has 2 heterocycles. The van der Waals surface area contributed by atoms with E-state index in [2.05, 4.69) is 20.3 Å². The number of benzene rings is 2. The number of ether oxygens (including phenoxy) is 2. The molecule has 0 amide bonds. The molecule has 0 fully saturated rings. The van der Waals surface area contributed by atoms with E-state index < -0.39 is 22.2 Å². The Morgan fingerprint density at radius 3 is 2.32 bits per heavy atom. The van der Waals surface area contributed by atoms with E-state index in [0.29, 0.717) is 28.5 Å². The van der Waals surface area contributed by atoms with E-state index in [0.717, 1.165) is 12.3 Å². The van der Waals surface area contributed by atoms with Crippen molar-refractivity contribution in [3.05, 3.63) is 72.6 Å². The van der Waals surface area contributed by atoms with Crippen LogP contribution >= 0.6 is 0 Å². The molecule has 2 aromatic heterocycles. The number of hydrogen-bond donors (Lipinski definition) is 3. The number of rotatable bonds is 8. The second kappa shape index (κ2) is 10.4. The minimum absolute atomic E-state index is 0.0165. The van der Waals surface area contributed by atoms with Gasteiger partial charge < -0.3 is 24.7 Å². The largest absolute Gasteiger partial charge is 0.493 e. The Balaban J connectivity index is 1.52. The second-order valence-corrected chi connectivity index (χ2v) is 8.72. The maximum atomic E-state index is 12.9. The topological polar surface area (TPSA) is 165 Å². The summed E-state index contributed by atoms with van der Waals surface area (Å²) in [6.45, 7) is 0. The van der Waals surface area contributed by atoms with Gasteiger partial charge in [-0.25, -0.2) is 4.98 Å². The van der Waals surface area contributed by atoms with Gasteiger partial charge in [-0.3, -0.25) is 4.98 Å². The molecule has 11 nitrogen and oxygen atoms in total. The Labute approximate surface area is 214 Å². The molecule has 5 N–H and O–H groups in total. The fourth-order valence-corrected chi connectivity index (χ4v) is 3.61. The van der Waals surface area contributed by atoms with Gasteiger partial charge in [-0.2, -0.15) is 31.7 Å². The molecule has 0 unspecified atom stereocenters. The molecule has 0 spiro atoms. The molecular weight excluding hydrogens is 529 g/mol. The van der Waals surface area contributed by atoms with Crippen molar-refractivity contribution in [2.75, 3.05) is 18.2 Å². The van der Waals surface area contributed by atoms with Crippen LogP contribution in [0.2, 0.25) is 0 Å². The van der Waals surface area contributed by atoms with Gasteiger partial charge in [-0.05, 0) is 48.5 Å². The Bertz CT molecular complexity index is 1570. The first kappa shape index (κ1) is 26.4. The third-order valence-electron chi connectivity index (χ3n) is 4.79. The average molecular weight is 549 g/mol. The molecule has 0 radical (unpaired) electrons. The summed E-state index contributed by atoms with van der Waals surface area (Å²) in [6.07, 6.45) is -3.57. The molecule has 0 aliphatic rings. The number of alkyl halides is 3. The Morgan fingerprint density at radius 1 is 0.921 bits per heavy atom. The van der Waals surface area contributed by atoms with E-state index in [-0.39, 0.29) is 23.2 Å². The van der Waals surface area contributed by atoms with Crippen LogP contribution in [0.5, 0.6) is 23.0 Å². The highest BCUT2D eigenvalue weighted by Crippen LogP contribution is 2.34. The number of halogens is 3. The second-order valence-electron chi connectivity index (χ2n) is 7.56. The lowest BCUT2D eigenvalue weighted by Gasteiger charge is -2.12. The number of anilines is 3. The van der Waals surface area contributed by atoms with Crippen molar-refractivity contribution < 1.29 is 35.2 Å². The molecule has 0 aliphatic heterocycles. The number of nitrogen functional groups attached to an aromatic ring is 1. The normalized spacial score (nSPS) is 11.6. The van der Waals surface area contributed by atoms with Crippen molar-refractivity contribution in [2.45, 2.75) is 6.18 Å². The van der Waals surface area contributed by atoms with E-state index >= 15 is 0 Å². The van der Waals surface area contributed by atoms with Crippen LogP contribution in [0.3, 0.4) is 0 Å². The highest BCUT2D eigenvalue weighted by Gasteiger charge is 2.32. The average Bonchev–Trinajstić information content (AvgIpc) is 2.84. The summed E-state index contributed by atoms with van der Waals surface area (Å²) in [5.74, 6) is 0.544. The van der Waals surface area contributed by atoms with Gasteiger partial charge in [0.1, 0.15) is 23.0 Å². The standard InChI is InChI=1S/C23H19F3N6O5S/c1-35-19-10-13(2-7-18(19)37-38(28,33)34)17-12-21(32-22(27)31-17)30-14-3-5-15(6-4-14)36-16-8-9-29-20(11-16)23(24,25)26/h2-12H,1H3,(H2,28,33,34)(H3,27,30,31,32). The zero-order chi connectivity index (χ0) is 27.5. The first-order valence-electron chi connectivity index (χ1n) is 10.5. The molecule has 0 aliphatic carbocycles. The number of aromatic nitrogens is 3. The first-order valence-corrected chi connectivity index (χ1v) is 12.0. The summed E-state index contributed by atoms with van der Waals surface area (Å²) in [5, 5.41) is 7.97. The van der Waals surface area contributed by atoms with Crippen LogP contribution in [0.1, 0.15) is 5.69 Å². The zero-order valence-corrected chi connectivity index (χ0v) is 20.2. The van der Waals surface area contributed by atoms with E-state index in [4.69, 9.17) is 24.5 Å². The van der Waals surface area contributed by atoms with Crippen LogP contribution in [-0.2, 0) is 16.5 Å². The number of nitrogens with zero attached hydrogens (tertiary/aromatic N) is 3. The fraction of sp³-hybridized carbons (Fsp3) is 0.0870. The smallest absolute Gasteiger partial charge is 0.433 e. The summed E-state index contributed by atoms with van der Waals surface area (Å²) >= 11 is 0. The Hall–Kier alpha value is -4.63. The third-order valence-corrected chi connectivity index (χ3v) is 5.20. The number of nitrogens with one attached hydrogen (secondary N) is 1. The molecule has 0 saturated heterocycles. The van der Waals surface area contributed by atoms with Crippen molar-refractivity contribution in [3.63, 3.8) is 0 Å². The van der Waals surface area contributed by atoms with E-state index in [1.165, 1.54) is 31.4 Å². The lowest BCUT2D eigenvalue weighted by Crippen LogP contribution is -2.19. The molecular formula is C23H19F3N6O5S. The maximum Gasteiger partial charge on any atom is 0.433 e. The van der Waals surface area contributed by atoms with Crippen molar-refractivity contribution in [1.82, 2.24) is 15.0 Å². The molecule has 4 aromatic rings. The van der Waals surface area contributed by atoms with Crippen molar-refractivity contribution in [2.24, 2.45) is 5.14 Å². The van der Waals surface area contributed by atoms with Gasteiger partial charge in [0.2, 0.25) is 5.95 Å². The van der Waals surface area contributed by atoms with Crippen LogP contribution in [-0.4, -0.2) is 30.5 Å². The third kappa shape index (κ3) is 6.77. The molecule has 15 heteroatoms. The molecule has 0 bridgehead atoms. The number of pyridine rings is 1. The highest BCUT2D eigenvalue weighted by molar-refractivity contribution is 7.84. The molecule has 38 heavy (non-hydrogen) atoms. The van der Waals surface area contributed by atoms with Crippen molar-refractivity contribution in [1.29, 1.82) is 0 Å². The quantitative estimate of drug-likeness (QED) is 0.290. The molecule has 0 atom stereocenters. The van der Waals surface area contributed by atoms with Crippen LogP contribution in [0, 0.1) is 0 Å². The minimum atomic E-state index is -4.59. The SMILES string of the molecule is COc1cc(-c2cc(Nc3ccc(Oc4ccnc(C(F)(F)F)c4)cc3)nc(N)n2)ccc1OS(N)(=O)=O. The van der Waals surface area contributed by atoms with Crippen molar-refractivity contribution >= 4 is 27.8 Å². The first-order chi connectivity index (χ1) is 17.9. The number of hydrogen-bond acceptors (Lipinski definition) is 10. The van der Waals surface area contributed by atoms with Gasteiger partial charge in [-0.15, -0.1) is 0 Å². The molecule has 4 rings (SSSR count). The summed E-state index contributed by atoms with van der Waals surface area (Å²) < 4.78 is 76.5. The summed E-state index contributed by atoms with van der Waals surface area (Å²) in [7, 11) is -2.93. The monoisotopic (exact) mass is 548 g/mol. The summed E-state index contributed by atoms with van der Waals surface area (Å²) in [6, 6.07) is 14.4. The minimum Gasteiger partial charge on any atom is -0.493 e.